The first kappa shape index (κ1) is 10.2. The Morgan fingerprint density at radius 3 is 2.60 bits per heavy atom. The Balaban J connectivity index is 2.30. The molecule has 1 aliphatic carbocycles. The smallest absolute Gasteiger partial charge is 0.00581 e. The van der Waals surface area contributed by atoms with Crippen LogP contribution in [-0.2, 0) is 0 Å². The summed E-state index contributed by atoms with van der Waals surface area (Å²) in [6.07, 6.45) is 6.86. The quantitative estimate of drug-likeness (QED) is 0.659. The van der Waals surface area contributed by atoms with Gasteiger partial charge >= 0.3 is 0 Å². The molecule has 0 bridgehead atoms. The molecule has 1 aromatic carbocycles. The van der Waals surface area contributed by atoms with E-state index in [4.69, 9.17) is 0 Å². The van der Waals surface area contributed by atoms with E-state index >= 15 is 0 Å². The Morgan fingerprint density at radius 2 is 1.93 bits per heavy atom. The lowest BCUT2D eigenvalue weighted by Crippen LogP contribution is -1.90. The summed E-state index contributed by atoms with van der Waals surface area (Å²) in [6, 6.07) is 6.57. The van der Waals surface area contributed by atoms with Gasteiger partial charge in [-0.25, -0.2) is 0 Å². The Hall–Kier alpha value is -1.30. The van der Waals surface area contributed by atoms with Crippen molar-refractivity contribution in [2.45, 2.75) is 33.6 Å². The van der Waals surface area contributed by atoms with E-state index in [2.05, 4.69) is 51.1 Å². The minimum atomic E-state index is 1.14. The van der Waals surface area contributed by atoms with E-state index in [1.54, 1.807) is 5.57 Å². The second-order valence-corrected chi connectivity index (χ2v) is 4.29. The second kappa shape index (κ2) is 4.06. The molecule has 0 heterocycles. The molecule has 1 aliphatic rings. The highest BCUT2D eigenvalue weighted by molar-refractivity contribution is 5.74. The molecule has 0 aliphatic heterocycles. The van der Waals surface area contributed by atoms with Gasteiger partial charge in [0.2, 0.25) is 0 Å². The summed E-state index contributed by atoms with van der Waals surface area (Å²) < 4.78 is 0. The summed E-state index contributed by atoms with van der Waals surface area (Å²) >= 11 is 0. The van der Waals surface area contributed by atoms with Gasteiger partial charge in [-0.1, -0.05) is 42.8 Å². The molecule has 0 radical (unpaired) electrons. The number of hydrogen-bond donors (Lipinski definition) is 0. The minimum Gasteiger partial charge on any atom is -0.0661 e. The molecule has 0 amide bonds. The topological polar surface area (TPSA) is 0 Å². The predicted molar refractivity (Wildman–Crippen MR) is 66.9 cm³/mol. The maximum atomic E-state index is 2.28. The second-order valence-electron chi connectivity index (χ2n) is 4.29. The predicted octanol–water partition coefficient (Wildman–Crippen LogP) is 4.43. The molecule has 0 fully saturated rings. The molecule has 78 valence electrons. The van der Waals surface area contributed by atoms with Gasteiger partial charge in [-0.15, -0.1) is 0 Å². The molecule has 0 spiro atoms. The van der Waals surface area contributed by atoms with E-state index in [0.29, 0.717) is 0 Å². The van der Waals surface area contributed by atoms with Crippen molar-refractivity contribution in [2.75, 3.05) is 0 Å². The van der Waals surface area contributed by atoms with Crippen LogP contribution < -0.4 is 0 Å². The molecule has 0 N–H and O–H groups in total. The first-order valence-corrected chi connectivity index (χ1v) is 5.67. The van der Waals surface area contributed by atoms with Gasteiger partial charge in [0, 0.05) is 0 Å². The van der Waals surface area contributed by atoms with E-state index in [-0.39, 0.29) is 0 Å². The van der Waals surface area contributed by atoms with Crippen LogP contribution in [0.2, 0.25) is 0 Å². The summed E-state index contributed by atoms with van der Waals surface area (Å²) in [6.45, 7) is 6.63. The van der Waals surface area contributed by atoms with E-state index in [0.717, 1.165) is 6.42 Å². The standard InChI is InChI=1S/C15H18/c1-4-13-8-9-14(10-13)15-7-5-6-11(2)12(15)3/h5-9H,4,10H2,1-3H3. The zero-order valence-corrected chi connectivity index (χ0v) is 9.80. The Kier molecular flexibility index (Phi) is 2.77. The molecule has 2 rings (SSSR count). The van der Waals surface area contributed by atoms with Gasteiger partial charge in [-0.05, 0) is 49.0 Å². The molecule has 0 nitrogen and oxygen atoms in total. The number of rotatable bonds is 2. The fraction of sp³-hybridized carbons (Fsp3) is 0.333. The van der Waals surface area contributed by atoms with Gasteiger partial charge in [0.15, 0.2) is 0 Å². The molecule has 0 heteroatoms. The normalized spacial score (nSPS) is 15.1. The van der Waals surface area contributed by atoms with Crippen LogP contribution in [0.25, 0.3) is 5.57 Å². The lowest BCUT2D eigenvalue weighted by atomic mass is 9.95. The maximum absolute atomic E-state index is 2.28. The minimum absolute atomic E-state index is 1.14. The molecular formula is C15H18. The molecule has 0 saturated heterocycles. The van der Waals surface area contributed by atoms with Crippen LogP contribution in [0.5, 0.6) is 0 Å². The highest BCUT2D eigenvalue weighted by atomic mass is 14.2. The van der Waals surface area contributed by atoms with Crippen molar-refractivity contribution in [3.8, 4) is 0 Å². The van der Waals surface area contributed by atoms with Crippen molar-refractivity contribution in [3.05, 3.63) is 52.6 Å². The number of aryl methyl sites for hydroxylation is 1. The molecular weight excluding hydrogens is 180 g/mol. The third kappa shape index (κ3) is 1.90. The van der Waals surface area contributed by atoms with Crippen LogP contribution in [-0.4, -0.2) is 0 Å². The van der Waals surface area contributed by atoms with E-state index in [9.17, 15) is 0 Å². The van der Waals surface area contributed by atoms with Crippen molar-refractivity contribution in [2.24, 2.45) is 0 Å². The summed E-state index contributed by atoms with van der Waals surface area (Å²) in [4.78, 5) is 0. The van der Waals surface area contributed by atoms with Crippen LogP contribution in [0.4, 0.5) is 0 Å². The van der Waals surface area contributed by atoms with Gasteiger partial charge in [0.05, 0.1) is 0 Å². The van der Waals surface area contributed by atoms with Crippen LogP contribution in [0, 0.1) is 13.8 Å². The maximum Gasteiger partial charge on any atom is -0.00581 e. The zero-order chi connectivity index (χ0) is 10.8. The van der Waals surface area contributed by atoms with Gasteiger partial charge in [-0.3, -0.25) is 0 Å². The van der Waals surface area contributed by atoms with Gasteiger partial charge < -0.3 is 0 Å². The van der Waals surface area contributed by atoms with E-state index in [1.165, 1.54) is 28.7 Å². The van der Waals surface area contributed by atoms with Crippen molar-refractivity contribution in [1.29, 1.82) is 0 Å². The van der Waals surface area contributed by atoms with Crippen LogP contribution in [0.15, 0.2) is 35.9 Å². The molecule has 0 saturated carbocycles. The van der Waals surface area contributed by atoms with Crippen LogP contribution in [0.1, 0.15) is 36.5 Å². The number of hydrogen-bond acceptors (Lipinski definition) is 0. The van der Waals surface area contributed by atoms with Gasteiger partial charge in [0.25, 0.3) is 0 Å². The van der Waals surface area contributed by atoms with Crippen LogP contribution >= 0.6 is 0 Å². The van der Waals surface area contributed by atoms with Crippen LogP contribution in [0.3, 0.4) is 0 Å². The first-order valence-electron chi connectivity index (χ1n) is 5.67. The zero-order valence-electron chi connectivity index (χ0n) is 9.80. The van der Waals surface area contributed by atoms with Gasteiger partial charge in [0.1, 0.15) is 0 Å². The summed E-state index contributed by atoms with van der Waals surface area (Å²) in [5.74, 6) is 0. The van der Waals surface area contributed by atoms with Gasteiger partial charge in [-0.2, -0.15) is 0 Å². The molecule has 1 aromatic rings. The largest absolute Gasteiger partial charge is 0.0661 e. The SMILES string of the molecule is CCC1=CC=C(c2cccc(C)c2C)C1. The average Bonchev–Trinajstić information content (AvgIpc) is 2.70. The monoisotopic (exact) mass is 198 g/mol. The molecule has 0 atom stereocenters. The molecule has 15 heavy (non-hydrogen) atoms. The third-order valence-corrected chi connectivity index (χ3v) is 3.34. The molecule has 0 unspecified atom stereocenters. The Labute approximate surface area is 92.3 Å². The van der Waals surface area contributed by atoms with Crippen molar-refractivity contribution >= 4 is 5.57 Å². The highest BCUT2D eigenvalue weighted by Gasteiger charge is 2.11. The summed E-state index contributed by atoms with van der Waals surface area (Å²) in [5, 5.41) is 0. The van der Waals surface area contributed by atoms with E-state index in [1.807, 2.05) is 0 Å². The number of benzene rings is 1. The lowest BCUT2D eigenvalue weighted by Gasteiger charge is -2.10. The summed E-state index contributed by atoms with van der Waals surface area (Å²) in [7, 11) is 0. The van der Waals surface area contributed by atoms with Crippen molar-refractivity contribution < 1.29 is 0 Å². The van der Waals surface area contributed by atoms with E-state index < -0.39 is 0 Å². The summed E-state index contributed by atoms with van der Waals surface area (Å²) in [5.41, 5.74) is 7.27. The fourth-order valence-corrected chi connectivity index (χ4v) is 2.11. The fourth-order valence-electron chi connectivity index (χ4n) is 2.11. The highest BCUT2D eigenvalue weighted by Crippen LogP contribution is 2.31. The number of allylic oxidation sites excluding steroid dienone is 4. The first-order chi connectivity index (χ1) is 7.22. The van der Waals surface area contributed by atoms with Crippen molar-refractivity contribution in [3.63, 3.8) is 0 Å². The Morgan fingerprint density at radius 1 is 1.13 bits per heavy atom. The lowest BCUT2D eigenvalue weighted by molar-refractivity contribution is 1.05. The third-order valence-electron chi connectivity index (χ3n) is 3.34. The molecule has 0 aromatic heterocycles. The Bertz CT molecular complexity index is 433. The average molecular weight is 198 g/mol. The van der Waals surface area contributed by atoms with Crippen molar-refractivity contribution in [1.82, 2.24) is 0 Å².